The molecule has 0 aliphatic heterocycles. The van der Waals surface area contributed by atoms with E-state index in [-0.39, 0.29) is 0 Å². The molecule has 120 valence electrons. The van der Waals surface area contributed by atoms with E-state index in [0.717, 1.165) is 28.3 Å². The number of aryl methyl sites for hydroxylation is 2. The molecule has 0 unspecified atom stereocenters. The molecule has 0 heterocycles. The normalized spacial score (nSPS) is 10.7. The quantitative estimate of drug-likeness (QED) is 0.531. The third-order valence-electron chi connectivity index (χ3n) is 3.34. The highest BCUT2D eigenvalue weighted by Gasteiger charge is 2.05. The Kier molecular flexibility index (Phi) is 5.98. The van der Waals surface area contributed by atoms with E-state index in [4.69, 9.17) is 9.47 Å². The Morgan fingerprint density at radius 1 is 1.04 bits per heavy atom. The highest BCUT2D eigenvalue weighted by molar-refractivity contribution is 5.83. The zero-order valence-electron chi connectivity index (χ0n) is 14.0. The summed E-state index contributed by atoms with van der Waals surface area (Å²) in [6.07, 6.45) is 3.56. The first-order chi connectivity index (χ1) is 11.1. The minimum absolute atomic E-state index is 0.454. The second-order valence-electron chi connectivity index (χ2n) is 5.29. The van der Waals surface area contributed by atoms with E-state index in [1.54, 1.807) is 6.08 Å². The van der Waals surface area contributed by atoms with Crippen LogP contribution < -0.4 is 9.47 Å². The summed E-state index contributed by atoms with van der Waals surface area (Å²) in [5.41, 5.74) is 4.31. The first kappa shape index (κ1) is 16.8. The lowest BCUT2D eigenvalue weighted by Crippen LogP contribution is -1.99. The van der Waals surface area contributed by atoms with E-state index in [9.17, 15) is 0 Å². The van der Waals surface area contributed by atoms with Crippen molar-refractivity contribution in [3.8, 4) is 11.5 Å². The Bertz CT molecular complexity index is 705. The van der Waals surface area contributed by atoms with Gasteiger partial charge in [0.2, 0.25) is 0 Å². The molecule has 0 aliphatic rings. The Morgan fingerprint density at radius 3 is 2.61 bits per heavy atom. The van der Waals surface area contributed by atoms with Gasteiger partial charge < -0.3 is 9.47 Å². The SMILES string of the molecule is C=CCOc1ccc(C=Nc2cc(C)ccc2C)cc1OCC. The van der Waals surface area contributed by atoms with E-state index in [1.807, 2.05) is 31.3 Å². The molecule has 0 N–H and O–H groups in total. The average molecular weight is 309 g/mol. The smallest absolute Gasteiger partial charge is 0.161 e. The monoisotopic (exact) mass is 309 g/mol. The van der Waals surface area contributed by atoms with Gasteiger partial charge in [-0.1, -0.05) is 24.8 Å². The van der Waals surface area contributed by atoms with Gasteiger partial charge in [0, 0.05) is 6.21 Å². The second kappa shape index (κ2) is 8.18. The van der Waals surface area contributed by atoms with Gasteiger partial charge in [0.1, 0.15) is 6.61 Å². The maximum Gasteiger partial charge on any atom is 0.161 e. The van der Waals surface area contributed by atoms with Crippen LogP contribution in [0.1, 0.15) is 23.6 Å². The van der Waals surface area contributed by atoms with Gasteiger partial charge in [-0.15, -0.1) is 0 Å². The van der Waals surface area contributed by atoms with Gasteiger partial charge in [0.25, 0.3) is 0 Å². The third-order valence-corrected chi connectivity index (χ3v) is 3.34. The van der Waals surface area contributed by atoms with Gasteiger partial charge in [-0.05, 0) is 61.7 Å². The maximum absolute atomic E-state index is 5.65. The zero-order chi connectivity index (χ0) is 16.7. The van der Waals surface area contributed by atoms with Crippen LogP contribution >= 0.6 is 0 Å². The largest absolute Gasteiger partial charge is 0.490 e. The fourth-order valence-corrected chi connectivity index (χ4v) is 2.14. The first-order valence-corrected chi connectivity index (χ1v) is 7.76. The summed E-state index contributed by atoms with van der Waals surface area (Å²) in [6, 6.07) is 12.1. The predicted molar refractivity (Wildman–Crippen MR) is 96.5 cm³/mol. The van der Waals surface area contributed by atoms with Gasteiger partial charge in [-0.3, -0.25) is 4.99 Å². The Hall–Kier alpha value is -2.55. The minimum atomic E-state index is 0.454. The van der Waals surface area contributed by atoms with Gasteiger partial charge in [-0.25, -0.2) is 0 Å². The summed E-state index contributed by atoms with van der Waals surface area (Å²) in [5.74, 6) is 1.44. The van der Waals surface area contributed by atoms with Crippen molar-refractivity contribution in [1.29, 1.82) is 0 Å². The van der Waals surface area contributed by atoms with E-state index >= 15 is 0 Å². The topological polar surface area (TPSA) is 30.8 Å². The molecule has 3 heteroatoms. The molecule has 0 fully saturated rings. The van der Waals surface area contributed by atoms with E-state index in [2.05, 4.69) is 43.6 Å². The summed E-state index contributed by atoms with van der Waals surface area (Å²) in [5, 5.41) is 0. The minimum Gasteiger partial charge on any atom is -0.490 e. The molecular formula is C20H23NO2. The summed E-state index contributed by atoms with van der Waals surface area (Å²) >= 11 is 0. The molecule has 0 atom stereocenters. The van der Waals surface area contributed by atoms with Crippen LogP contribution in [0.3, 0.4) is 0 Å². The molecule has 0 aromatic heterocycles. The predicted octanol–water partition coefficient (Wildman–Crippen LogP) is 5.02. The molecule has 0 radical (unpaired) electrons. The number of benzene rings is 2. The molecule has 0 saturated carbocycles. The fourth-order valence-electron chi connectivity index (χ4n) is 2.14. The van der Waals surface area contributed by atoms with E-state index in [1.165, 1.54) is 5.56 Å². The summed E-state index contributed by atoms with van der Waals surface area (Å²) in [6.45, 7) is 10.8. The first-order valence-electron chi connectivity index (χ1n) is 7.76. The van der Waals surface area contributed by atoms with Gasteiger partial charge in [-0.2, -0.15) is 0 Å². The van der Waals surface area contributed by atoms with Crippen molar-refractivity contribution >= 4 is 11.9 Å². The number of hydrogen-bond donors (Lipinski definition) is 0. The van der Waals surface area contributed by atoms with E-state index < -0.39 is 0 Å². The number of rotatable bonds is 7. The van der Waals surface area contributed by atoms with Crippen LogP contribution in [0.5, 0.6) is 11.5 Å². The molecule has 0 amide bonds. The highest BCUT2D eigenvalue weighted by Crippen LogP contribution is 2.28. The van der Waals surface area contributed by atoms with Crippen LogP contribution in [0.4, 0.5) is 5.69 Å². The Labute approximate surface area is 138 Å². The molecule has 0 spiro atoms. The molecule has 2 aromatic carbocycles. The van der Waals surface area contributed by atoms with Crippen molar-refractivity contribution in [2.45, 2.75) is 20.8 Å². The standard InChI is InChI=1S/C20H23NO2/c1-5-11-23-19-10-9-17(13-20(19)22-6-2)14-21-18-12-15(3)7-8-16(18)4/h5,7-10,12-14H,1,6,11H2,2-4H3. The number of ether oxygens (including phenoxy) is 2. The summed E-state index contributed by atoms with van der Waals surface area (Å²) in [7, 11) is 0. The molecule has 0 aliphatic carbocycles. The van der Waals surface area contributed by atoms with Crippen molar-refractivity contribution in [2.24, 2.45) is 4.99 Å². The Morgan fingerprint density at radius 2 is 1.87 bits per heavy atom. The Balaban J connectivity index is 2.25. The summed E-state index contributed by atoms with van der Waals surface area (Å²) in [4.78, 5) is 4.59. The molecule has 23 heavy (non-hydrogen) atoms. The molecular weight excluding hydrogens is 286 g/mol. The van der Waals surface area contributed by atoms with Crippen molar-refractivity contribution in [3.63, 3.8) is 0 Å². The average Bonchev–Trinajstić information content (AvgIpc) is 2.55. The van der Waals surface area contributed by atoms with Gasteiger partial charge >= 0.3 is 0 Å². The lowest BCUT2D eigenvalue weighted by molar-refractivity contribution is 0.297. The third kappa shape index (κ3) is 4.71. The fraction of sp³-hybridized carbons (Fsp3) is 0.250. The van der Waals surface area contributed by atoms with Gasteiger partial charge in [0.05, 0.1) is 12.3 Å². The van der Waals surface area contributed by atoms with Crippen LogP contribution in [-0.4, -0.2) is 19.4 Å². The van der Waals surface area contributed by atoms with Crippen LogP contribution in [-0.2, 0) is 0 Å². The van der Waals surface area contributed by atoms with Crippen LogP contribution in [0, 0.1) is 13.8 Å². The van der Waals surface area contributed by atoms with Crippen molar-refractivity contribution in [2.75, 3.05) is 13.2 Å². The van der Waals surface area contributed by atoms with Crippen LogP contribution in [0.2, 0.25) is 0 Å². The molecule has 2 aromatic rings. The van der Waals surface area contributed by atoms with Crippen molar-refractivity contribution < 1.29 is 9.47 Å². The highest BCUT2D eigenvalue weighted by atomic mass is 16.5. The second-order valence-corrected chi connectivity index (χ2v) is 5.29. The van der Waals surface area contributed by atoms with Crippen LogP contribution in [0.15, 0.2) is 54.0 Å². The molecule has 0 bridgehead atoms. The summed E-state index contributed by atoms with van der Waals surface area (Å²) < 4.78 is 11.3. The lowest BCUT2D eigenvalue weighted by atomic mass is 10.1. The number of aliphatic imine (C=N–C) groups is 1. The molecule has 2 rings (SSSR count). The van der Waals surface area contributed by atoms with Crippen LogP contribution in [0.25, 0.3) is 0 Å². The lowest BCUT2D eigenvalue weighted by Gasteiger charge is -2.11. The molecule has 0 saturated heterocycles. The van der Waals surface area contributed by atoms with Gasteiger partial charge in [0.15, 0.2) is 11.5 Å². The van der Waals surface area contributed by atoms with Crippen molar-refractivity contribution in [1.82, 2.24) is 0 Å². The molecule has 3 nitrogen and oxygen atoms in total. The maximum atomic E-state index is 5.65. The number of hydrogen-bond acceptors (Lipinski definition) is 3. The number of nitrogens with zero attached hydrogens (tertiary/aromatic N) is 1. The van der Waals surface area contributed by atoms with Crippen molar-refractivity contribution in [3.05, 3.63) is 65.7 Å². The van der Waals surface area contributed by atoms with E-state index in [0.29, 0.717) is 13.2 Å². The zero-order valence-corrected chi connectivity index (χ0v) is 14.0.